The number of hydrogen-bond donors (Lipinski definition) is 1. The molecule has 1 aliphatic heterocycles. The van der Waals surface area contributed by atoms with Crippen LogP contribution < -0.4 is 0 Å². The number of halogens is 1. The van der Waals surface area contributed by atoms with Crippen molar-refractivity contribution in [1.29, 1.82) is 0 Å². The van der Waals surface area contributed by atoms with Crippen molar-refractivity contribution in [2.75, 3.05) is 19.7 Å². The lowest BCUT2D eigenvalue weighted by molar-refractivity contribution is -0.0227. The zero-order chi connectivity index (χ0) is 17.9. The Hall–Kier alpha value is -2.99. The van der Waals surface area contributed by atoms with E-state index in [0.29, 0.717) is 31.0 Å². The van der Waals surface area contributed by atoms with Crippen LogP contribution in [0.4, 0.5) is 4.39 Å². The highest BCUT2D eigenvalue weighted by Crippen LogP contribution is 2.26. The average molecular weight is 351 g/mol. The summed E-state index contributed by atoms with van der Waals surface area (Å²) in [5.74, 6) is -0.428. The van der Waals surface area contributed by atoms with Crippen molar-refractivity contribution in [1.82, 2.24) is 15.1 Å². The van der Waals surface area contributed by atoms with E-state index in [4.69, 9.17) is 4.74 Å². The van der Waals surface area contributed by atoms with Crippen LogP contribution in [-0.4, -0.2) is 40.7 Å². The fraction of sp³-hybridized carbons (Fsp3) is 0.200. The van der Waals surface area contributed by atoms with E-state index in [9.17, 15) is 9.18 Å². The van der Waals surface area contributed by atoms with Crippen LogP contribution in [0.1, 0.15) is 22.0 Å². The zero-order valence-corrected chi connectivity index (χ0v) is 14.1. The normalized spacial score (nSPS) is 17.3. The summed E-state index contributed by atoms with van der Waals surface area (Å²) in [6.45, 7) is 1.49. The molecule has 3 aromatic rings. The first-order chi connectivity index (χ1) is 12.7. The number of carbonyl (C=O) groups is 1. The number of morpholine rings is 1. The van der Waals surface area contributed by atoms with Crippen LogP contribution in [0.3, 0.4) is 0 Å². The van der Waals surface area contributed by atoms with Crippen molar-refractivity contribution in [3.05, 3.63) is 77.7 Å². The van der Waals surface area contributed by atoms with Crippen molar-refractivity contribution < 1.29 is 13.9 Å². The van der Waals surface area contributed by atoms with Crippen LogP contribution in [0, 0.1) is 5.82 Å². The van der Waals surface area contributed by atoms with Crippen LogP contribution in [0.2, 0.25) is 0 Å². The maximum atomic E-state index is 13.2. The molecule has 0 spiro atoms. The summed E-state index contributed by atoms with van der Waals surface area (Å²) >= 11 is 0. The molecule has 2 aromatic carbocycles. The Labute approximate surface area is 150 Å². The number of nitrogens with one attached hydrogen (secondary N) is 1. The van der Waals surface area contributed by atoms with Crippen molar-refractivity contribution in [2.45, 2.75) is 6.10 Å². The van der Waals surface area contributed by atoms with Crippen molar-refractivity contribution in [3.63, 3.8) is 0 Å². The lowest BCUT2D eigenvalue weighted by atomic mass is 10.1. The van der Waals surface area contributed by atoms with Gasteiger partial charge in [0.25, 0.3) is 5.91 Å². The predicted molar refractivity (Wildman–Crippen MR) is 95.0 cm³/mol. The van der Waals surface area contributed by atoms with Gasteiger partial charge in [0.1, 0.15) is 11.9 Å². The SMILES string of the molecule is O=C(c1cn[nH]c1-c1ccc(F)cc1)N1CCO[C@H](c2ccccc2)C1. The third-order valence-electron chi connectivity index (χ3n) is 4.53. The number of hydrogen-bond acceptors (Lipinski definition) is 3. The molecule has 0 saturated carbocycles. The average Bonchev–Trinajstić information content (AvgIpc) is 3.18. The summed E-state index contributed by atoms with van der Waals surface area (Å²) < 4.78 is 19.0. The highest BCUT2D eigenvalue weighted by Gasteiger charge is 2.28. The Balaban J connectivity index is 1.56. The van der Waals surface area contributed by atoms with E-state index in [1.54, 1.807) is 17.0 Å². The molecule has 0 radical (unpaired) electrons. The van der Waals surface area contributed by atoms with Gasteiger partial charge in [-0.25, -0.2) is 4.39 Å². The number of carbonyl (C=O) groups excluding carboxylic acids is 1. The Morgan fingerprint density at radius 3 is 2.69 bits per heavy atom. The van der Waals surface area contributed by atoms with Gasteiger partial charge in [-0.1, -0.05) is 30.3 Å². The number of amides is 1. The number of H-pyrrole nitrogens is 1. The second kappa shape index (κ2) is 7.09. The number of aromatic nitrogens is 2. The molecule has 132 valence electrons. The predicted octanol–water partition coefficient (Wildman–Crippen LogP) is 3.43. The quantitative estimate of drug-likeness (QED) is 0.786. The summed E-state index contributed by atoms with van der Waals surface area (Å²) in [6.07, 6.45) is 1.38. The summed E-state index contributed by atoms with van der Waals surface area (Å²) in [6, 6.07) is 15.9. The van der Waals surface area contributed by atoms with Gasteiger partial charge in [-0.2, -0.15) is 5.10 Å². The third-order valence-corrected chi connectivity index (χ3v) is 4.53. The van der Waals surface area contributed by atoms with Crippen molar-refractivity contribution >= 4 is 5.91 Å². The Bertz CT molecular complexity index is 893. The van der Waals surface area contributed by atoms with Crippen LogP contribution >= 0.6 is 0 Å². The number of nitrogens with zero attached hydrogens (tertiary/aromatic N) is 2. The summed E-state index contributed by atoms with van der Waals surface area (Å²) in [5, 5.41) is 6.87. The molecule has 1 aromatic heterocycles. The maximum Gasteiger partial charge on any atom is 0.257 e. The molecule has 2 heterocycles. The minimum absolute atomic E-state index is 0.109. The number of benzene rings is 2. The van der Waals surface area contributed by atoms with Gasteiger partial charge in [0, 0.05) is 12.1 Å². The second-order valence-corrected chi connectivity index (χ2v) is 6.19. The smallest absolute Gasteiger partial charge is 0.257 e. The molecule has 5 nitrogen and oxygen atoms in total. The molecule has 1 aliphatic rings. The van der Waals surface area contributed by atoms with E-state index in [2.05, 4.69) is 10.2 Å². The van der Waals surface area contributed by atoms with Crippen molar-refractivity contribution in [3.8, 4) is 11.3 Å². The van der Waals surface area contributed by atoms with E-state index in [1.807, 2.05) is 30.3 Å². The lowest BCUT2D eigenvalue weighted by Gasteiger charge is -2.33. The van der Waals surface area contributed by atoms with E-state index < -0.39 is 0 Å². The molecule has 6 heteroatoms. The largest absolute Gasteiger partial charge is 0.370 e. The maximum absolute atomic E-state index is 13.2. The molecule has 0 bridgehead atoms. The third kappa shape index (κ3) is 3.23. The second-order valence-electron chi connectivity index (χ2n) is 6.19. The van der Waals surface area contributed by atoms with E-state index >= 15 is 0 Å². The molecule has 1 N–H and O–H groups in total. The topological polar surface area (TPSA) is 58.2 Å². The van der Waals surface area contributed by atoms with Gasteiger partial charge < -0.3 is 9.64 Å². The molecular weight excluding hydrogens is 333 g/mol. The Morgan fingerprint density at radius 2 is 1.92 bits per heavy atom. The fourth-order valence-corrected chi connectivity index (χ4v) is 3.16. The van der Waals surface area contributed by atoms with Gasteiger partial charge in [-0.05, 0) is 29.8 Å². The Morgan fingerprint density at radius 1 is 1.15 bits per heavy atom. The first kappa shape index (κ1) is 16.5. The molecule has 1 saturated heterocycles. The molecule has 4 rings (SSSR count). The van der Waals surface area contributed by atoms with Crippen LogP contribution in [0.5, 0.6) is 0 Å². The van der Waals surface area contributed by atoms with Crippen LogP contribution in [0.15, 0.2) is 60.8 Å². The summed E-state index contributed by atoms with van der Waals surface area (Å²) in [4.78, 5) is 14.8. The highest BCUT2D eigenvalue weighted by atomic mass is 19.1. The molecule has 26 heavy (non-hydrogen) atoms. The van der Waals surface area contributed by atoms with Gasteiger partial charge in [0.15, 0.2) is 0 Å². The Kier molecular flexibility index (Phi) is 4.50. The van der Waals surface area contributed by atoms with Gasteiger partial charge in [0.2, 0.25) is 0 Å². The number of aromatic amines is 1. The molecular formula is C20H18FN3O2. The van der Waals surface area contributed by atoms with E-state index in [1.165, 1.54) is 18.3 Å². The van der Waals surface area contributed by atoms with Gasteiger partial charge in [0.05, 0.1) is 30.6 Å². The highest BCUT2D eigenvalue weighted by molar-refractivity contribution is 5.99. The summed E-state index contributed by atoms with van der Waals surface area (Å²) in [7, 11) is 0. The van der Waals surface area contributed by atoms with Gasteiger partial charge in [-0.3, -0.25) is 9.89 Å². The van der Waals surface area contributed by atoms with Crippen molar-refractivity contribution in [2.24, 2.45) is 0 Å². The van der Waals surface area contributed by atoms with Gasteiger partial charge in [-0.15, -0.1) is 0 Å². The lowest BCUT2D eigenvalue weighted by Crippen LogP contribution is -2.42. The van der Waals surface area contributed by atoms with Crippen LogP contribution in [0.25, 0.3) is 11.3 Å². The fourth-order valence-electron chi connectivity index (χ4n) is 3.16. The van der Waals surface area contributed by atoms with E-state index in [0.717, 1.165) is 11.1 Å². The minimum atomic E-state index is -0.319. The number of rotatable bonds is 3. The van der Waals surface area contributed by atoms with Crippen LogP contribution in [-0.2, 0) is 4.74 Å². The summed E-state index contributed by atoms with van der Waals surface area (Å²) in [5.41, 5.74) is 2.85. The molecule has 1 atom stereocenters. The minimum Gasteiger partial charge on any atom is -0.370 e. The molecule has 1 fully saturated rings. The standard InChI is InChI=1S/C20H18FN3O2/c21-16-8-6-15(7-9-16)19-17(12-22-23-19)20(25)24-10-11-26-18(13-24)14-4-2-1-3-5-14/h1-9,12,18H,10-11,13H2,(H,22,23)/t18-/m0/s1. The molecule has 1 amide bonds. The first-order valence-electron chi connectivity index (χ1n) is 8.47. The number of ether oxygens (including phenoxy) is 1. The first-order valence-corrected chi connectivity index (χ1v) is 8.47. The molecule has 0 unspecified atom stereocenters. The van der Waals surface area contributed by atoms with E-state index in [-0.39, 0.29) is 17.8 Å². The monoisotopic (exact) mass is 351 g/mol. The van der Waals surface area contributed by atoms with Gasteiger partial charge >= 0.3 is 0 Å². The molecule has 0 aliphatic carbocycles. The zero-order valence-electron chi connectivity index (χ0n) is 14.1.